The van der Waals surface area contributed by atoms with Crippen LogP contribution in [0.2, 0.25) is 0 Å². The lowest BCUT2D eigenvalue weighted by Gasteiger charge is -2.10. The number of carbonyl (C=O) groups is 1. The molecule has 0 aliphatic rings. The number of nitrogens with zero attached hydrogens (tertiary/aromatic N) is 6. The van der Waals surface area contributed by atoms with E-state index in [4.69, 9.17) is 4.52 Å². The molecule has 1 aromatic carbocycles. The highest BCUT2D eigenvalue weighted by atomic mass is 19.4. The second-order valence-electron chi connectivity index (χ2n) is 7.38. The van der Waals surface area contributed by atoms with E-state index in [0.717, 1.165) is 12.1 Å². The van der Waals surface area contributed by atoms with Crippen molar-refractivity contribution in [3.8, 4) is 11.6 Å². The molecule has 1 amide bonds. The number of nitrogens with one attached hydrogen (secondary N) is 2. The number of hydrogen-bond acceptors (Lipinski definition) is 7. The van der Waals surface area contributed by atoms with Crippen LogP contribution in [0.5, 0.6) is 0 Å². The Balaban J connectivity index is 1.37. The molecule has 0 aliphatic heterocycles. The number of benzene rings is 1. The number of amides is 1. The van der Waals surface area contributed by atoms with Gasteiger partial charge in [0, 0.05) is 13.1 Å². The van der Waals surface area contributed by atoms with Gasteiger partial charge in [-0.1, -0.05) is 5.16 Å². The summed E-state index contributed by atoms with van der Waals surface area (Å²) in [5, 5.41) is 6.72. The third kappa shape index (κ3) is 3.66. The van der Waals surface area contributed by atoms with Crippen molar-refractivity contribution in [1.29, 1.82) is 0 Å². The Kier molecular flexibility index (Phi) is 4.62. The number of aromatic amines is 1. The molecule has 13 heteroatoms. The number of rotatable bonds is 4. The summed E-state index contributed by atoms with van der Waals surface area (Å²) in [6.07, 6.45) is -1.64. The van der Waals surface area contributed by atoms with Crippen LogP contribution in [0.3, 0.4) is 0 Å². The molecule has 0 spiro atoms. The fraction of sp³-hybridized carbons (Fsp3) is 0.200. The summed E-state index contributed by atoms with van der Waals surface area (Å²) in [7, 11) is 1.76. The van der Waals surface area contributed by atoms with Gasteiger partial charge < -0.3 is 19.4 Å². The summed E-state index contributed by atoms with van der Waals surface area (Å²) >= 11 is 0. The van der Waals surface area contributed by atoms with Gasteiger partial charge in [-0.3, -0.25) is 4.79 Å². The van der Waals surface area contributed by atoms with E-state index in [9.17, 15) is 18.0 Å². The predicted molar refractivity (Wildman–Crippen MR) is 109 cm³/mol. The van der Waals surface area contributed by atoms with Crippen molar-refractivity contribution in [2.24, 2.45) is 7.05 Å². The van der Waals surface area contributed by atoms with Crippen LogP contribution in [0, 0.1) is 0 Å². The van der Waals surface area contributed by atoms with Crippen molar-refractivity contribution in [3.05, 3.63) is 53.9 Å². The zero-order valence-corrected chi connectivity index (χ0v) is 17.2. The number of fused-ring (bicyclic) bond motifs is 2. The number of alkyl halides is 3. The van der Waals surface area contributed by atoms with Crippen LogP contribution in [0.15, 0.2) is 41.4 Å². The molecule has 0 fully saturated rings. The maximum atomic E-state index is 12.9. The van der Waals surface area contributed by atoms with E-state index in [-0.39, 0.29) is 22.8 Å². The van der Waals surface area contributed by atoms with Gasteiger partial charge in [-0.15, -0.1) is 0 Å². The predicted octanol–water partition coefficient (Wildman–Crippen LogP) is 3.40. The summed E-state index contributed by atoms with van der Waals surface area (Å²) in [6.45, 7) is 1.70. The summed E-state index contributed by atoms with van der Waals surface area (Å²) in [5.41, 5.74) is 1.17. The van der Waals surface area contributed by atoms with Crippen molar-refractivity contribution >= 4 is 28.1 Å². The Morgan fingerprint density at radius 3 is 2.82 bits per heavy atom. The zero-order chi connectivity index (χ0) is 23.3. The Morgan fingerprint density at radius 2 is 2.03 bits per heavy atom. The van der Waals surface area contributed by atoms with Crippen molar-refractivity contribution in [3.63, 3.8) is 0 Å². The van der Waals surface area contributed by atoms with Crippen LogP contribution in [-0.4, -0.2) is 40.6 Å². The fourth-order valence-electron chi connectivity index (χ4n) is 3.36. The fourth-order valence-corrected chi connectivity index (χ4v) is 3.36. The first-order valence-corrected chi connectivity index (χ1v) is 9.67. The maximum absolute atomic E-state index is 12.9. The molecule has 33 heavy (non-hydrogen) atoms. The van der Waals surface area contributed by atoms with Crippen molar-refractivity contribution < 1.29 is 22.5 Å². The second-order valence-corrected chi connectivity index (χ2v) is 7.38. The first kappa shape index (κ1) is 20.6. The molecule has 0 bridgehead atoms. The Bertz CT molecular complexity index is 1500. The number of H-pyrrole nitrogens is 1. The maximum Gasteiger partial charge on any atom is 0.416 e. The van der Waals surface area contributed by atoms with Crippen molar-refractivity contribution in [2.45, 2.75) is 19.1 Å². The molecule has 10 nitrogen and oxygen atoms in total. The molecule has 0 saturated carbocycles. The first-order chi connectivity index (χ1) is 15.7. The van der Waals surface area contributed by atoms with Gasteiger partial charge >= 0.3 is 6.18 Å². The summed E-state index contributed by atoms with van der Waals surface area (Å²) in [5.74, 6) is -0.0424. The highest BCUT2D eigenvalue weighted by Gasteiger charge is 2.31. The van der Waals surface area contributed by atoms with Gasteiger partial charge in [-0.25, -0.2) is 19.9 Å². The molecule has 5 aromatic rings. The number of aromatic nitrogens is 7. The molecule has 2 N–H and O–H groups in total. The van der Waals surface area contributed by atoms with Crippen molar-refractivity contribution in [1.82, 2.24) is 40.0 Å². The lowest BCUT2D eigenvalue weighted by molar-refractivity contribution is -0.137. The first-order valence-electron chi connectivity index (χ1n) is 9.67. The topological polar surface area (TPSA) is 127 Å². The van der Waals surface area contributed by atoms with Gasteiger partial charge in [0.25, 0.3) is 5.91 Å². The average molecular weight is 456 g/mol. The van der Waals surface area contributed by atoms with E-state index in [2.05, 4.69) is 35.4 Å². The molecule has 168 valence electrons. The third-order valence-corrected chi connectivity index (χ3v) is 5.07. The van der Waals surface area contributed by atoms with Gasteiger partial charge in [0.05, 0.1) is 29.0 Å². The van der Waals surface area contributed by atoms with Crippen LogP contribution in [-0.2, 0) is 13.2 Å². The van der Waals surface area contributed by atoms with Crippen LogP contribution >= 0.6 is 0 Å². The summed E-state index contributed by atoms with van der Waals surface area (Å²) in [6, 6.07) is 4.20. The van der Waals surface area contributed by atoms with Gasteiger partial charge in [-0.05, 0) is 25.1 Å². The molecule has 0 unspecified atom stereocenters. The number of carbonyl (C=O) groups excluding carboxylic acids is 1. The molecular weight excluding hydrogens is 441 g/mol. The van der Waals surface area contributed by atoms with E-state index in [1.165, 1.54) is 18.7 Å². The van der Waals surface area contributed by atoms with Crippen LogP contribution < -0.4 is 5.32 Å². The van der Waals surface area contributed by atoms with Gasteiger partial charge in [-0.2, -0.15) is 13.2 Å². The molecule has 4 aromatic heterocycles. The molecular formula is C20H15F3N8O2. The number of aryl methyl sites for hydroxylation is 1. The average Bonchev–Trinajstić information content (AvgIpc) is 3.50. The smallest absolute Gasteiger partial charge is 0.353 e. The number of imidazole rings is 2. The van der Waals surface area contributed by atoms with Gasteiger partial charge in [0.1, 0.15) is 17.5 Å². The Hall–Kier alpha value is -4.29. The largest absolute Gasteiger partial charge is 0.416 e. The molecule has 1 atom stereocenters. The molecule has 0 saturated heterocycles. The standard InChI is InChI=1S/C20H15F3N8O2/c1-9(27-19(32)16-15-18(25-7-24-16)31(2)8-26-15)12-6-14(33-30-12)17-28-11-4-3-10(20(21,22)23)5-13(11)29-17/h3-9H,1-2H3,(H,27,32)(H,28,29)/t9-/m0/s1. The SMILES string of the molecule is C[C@H](NC(=O)c1ncnc2c1ncn2C)c1cc(-c2nc3ccc(C(F)(F)F)cc3[nH]2)on1. The van der Waals surface area contributed by atoms with Crippen LogP contribution in [0.4, 0.5) is 13.2 Å². The number of hydrogen-bond donors (Lipinski definition) is 2. The van der Waals surface area contributed by atoms with E-state index < -0.39 is 23.7 Å². The molecule has 0 aliphatic carbocycles. The van der Waals surface area contributed by atoms with E-state index in [1.807, 2.05) is 0 Å². The molecule has 4 heterocycles. The quantitative estimate of drug-likeness (QED) is 0.424. The summed E-state index contributed by atoms with van der Waals surface area (Å²) < 4.78 is 45.8. The van der Waals surface area contributed by atoms with E-state index in [0.29, 0.717) is 22.4 Å². The van der Waals surface area contributed by atoms with E-state index >= 15 is 0 Å². The molecule has 5 rings (SSSR count). The Labute approximate surface area is 182 Å². The summed E-state index contributed by atoms with van der Waals surface area (Å²) in [4.78, 5) is 32.1. The Morgan fingerprint density at radius 1 is 1.21 bits per heavy atom. The normalized spacial score (nSPS) is 13.0. The highest BCUT2D eigenvalue weighted by molar-refractivity contribution is 6.02. The van der Waals surface area contributed by atoms with Crippen LogP contribution in [0.25, 0.3) is 33.8 Å². The zero-order valence-electron chi connectivity index (χ0n) is 17.2. The lowest BCUT2D eigenvalue weighted by atomic mass is 10.2. The van der Waals surface area contributed by atoms with Gasteiger partial charge in [0.2, 0.25) is 5.76 Å². The van der Waals surface area contributed by atoms with Crippen molar-refractivity contribution in [2.75, 3.05) is 0 Å². The minimum Gasteiger partial charge on any atom is -0.353 e. The van der Waals surface area contributed by atoms with E-state index in [1.54, 1.807) is 24.6 Å². The monoisotopic (exact) mass is 456 g/mol. The third-order valence-electron chi connectivity index (χ3n) is 5.07. The minimum absolute atomic E-state index is 0.119. The van der Waals surface area contributed by atoms with Gasteiger partial charge in [0.15, 0.2) is 17.2 Å². The molecule has 0 radical (unpaired) electrons. The highest BCUT2D eigenvalue weighted by Crippen LogP contribution is 2.32. The second kappa shape index (κ2) is 7.39. The minimum atomic E-state index is -4.46. The lowest BCUT2D eigenvalue weighted by Crippen LogP contribution is -2.28. The number of halogens is 3. The van der Waals surface area contributed by atoms with Crippen LogP contribution in [0.1, 0.15) is 34.7 Å².